The van der Waals surface area contributed by atoms with Gasteiger partial charge in [0.2, 0.25) is 0 Å². The Bertz CT molecular complexity index is 694. The van der Waals surface area contributed by atoms with Crippen LogP contribution >= 0.6 is 0 Å². The van der Waals surface area contributed by atoms with Crippen molar-refractivity contribution in [2.45, 2.75) is 13.5 Å². The van der Waals surface area contributed by atoms with Gasteiger partial charge < -0.3 is 9.84 Å². The molecule has 1 aromatic carbocycles. The van der Waals surface area contributed by atoms with Gasteiger partial charge in [0.15, 0.2) is 5.82 Å². The first-order valence-corrected chi connectivity index (χ1v) is 6.35. The Kier molecular flexibility index (Phi) is 3.41. The Morgan fingerprint density at radius 3 is 2.80 bits per heavy atom. The number of anilines is 1. The molecule has 0 unspecified atom stereocenters. The largest absolute Gasteiger partial charge is 0.334 e. The minimum atomic E-state index is 0.439. The molecule has 0 saturated heterocycles. The molecule has 2 aromatic heterocycles. The maximum Gasteiger partial charge on any atom is 0.321 e. The lowest BCUT2D eigenvalue weighted by Crippen LogP contribution is -1.99. The molecule has 0 spiro atoms. The van der Waals surface area contributed by atoms with Gasteiger partial charge in [0, 0.05) is 18.9 Å². The van der Waals surface area contributed by atoms with Crippen molar-refractivity contribution in [1.29, 1.82) is 0 Å². The second-order valence-electron chi connectivity index (χ2n) is 4.44. The molecule has 0 radical (unpaired) electrons. The molecule has 5 heteroatoms. The van der Waals surface area contributed by atoms with Gasteiger partial charge in [-0.1, -0.05) is 29.4 Å². The first-order chi connectivity index (χ1) is 9.81. The minimum absolute atomic E-state index is 0.439. The van der Waals surface area contributed by atoms with E-state index in [0.29, 0.717) is 18.4 Å². The Balaban J connectivity index is 1.75. The van der Waals surface area contributed by atoms with E-state index >= 15 is 0 Å². The van der Waals surface area contributed by atoms with Gasteiger partial charge in [0.1, 0.15) is 0 Å². The van der Waals surface area contributed by atoms with E-state index in [1.807, 2.05) is 24.4 Å². The van der Waals surface area contributed by atoms with E-state index in [9.17, 15) is 0 Å². The van der Waals surface area contributed by atoms with Gasteiger partial charge in [-0.15, -0.1) is 0 Å². The molecule has 2 heterocycles. The van der Waals surface area contributed by atoms with E-state index in [1.165, 1.54) is 0 Å². The molecule has 0 aliphatic carbocycles. The number of hydrogen-bond donors (Lipinski definition) is 1. The summed E-state index contributed by atoms with van der Waals surface area (Å²) in [4.78, 5) is 8.25. The molecule has 1 N–H and O–H groups in total. The predicted octanol–water partition coefficient (Wildman–Crippen LogP) is 3.05. The monoisotopic (exact) mass is 266 g/mol. The third kappa shape index (κ3) is 2.83. The van der Waals surface area contributed by atoms with E-state index in [1.54, 1.807) is 13.1 Å². The minimum Gasteiger partial charge on any atom is -0.334 e. The SMILES string of the molecule is Cc1noc(NCc2cccc(-c3cccnc3)c2)n1. The van der Waals surface area contributed by atoms with Gasteiger partial charge >= 0.3 is 6.01 Å². The van der Waals surface area contributed by atoms with Gasteiger partial charge in [0.25, 0.3) is 0 Å². The number of aromatic nitrogens is 3. The van der Waals surface area contributed by atoms with Crippen LogP contribution in [-0.2, 0) is 6.54 Å². The van der Waals surface area contributed by atoms with Crippen LogP contribution in [0.5, 0.6) is 0 Å². The Hall–Kier alpha value is -2.69. The highest BCUT2D eigenvalue weighted by Crippen LogP contribution is 2.19. The lowest BCUT2D eigenvalue weighted by atomic mass is 10.0. The molecule has 0 aliphatic heterocycles. The van der Waals surface area contributed by atoms with Crippen LogP contribution in [-0.4, -0.2) is 15.1 Å². The predicted molar refractivity (Wildman–Crippen MR) is 76.0 cm³/mol. The van der Waals surface area contributed by atoms with Crippen molar-refractivity contribution in [1.82, 2.24) is 15.1 Å². The van der Waals surface area contributed by atoms with Gasteiger partial charge in [-0.05, 0) is 35.7 Å². The fourth-order valence-electron chi connectivity index (χ4n) is 1.94. The van der Waals surface area contributed by atoms with E-state index in [-0.39, 0.29) is 0 Å². The fourth-order valence-corrected chi connectivity index (χ4v) is 1.94. The lowest BCUT2D eigenvalue weighted by molar-refractivity contribution is 0.425. The molecular formula is C15H14N4O. The summed E-state index contributed by atoms with van der Waals surface area (Å²) in [5.41, 5.74) is 3.38. The molecule has 0 bridgehead atoms. The fraction of sp³-hybridized carbons (Fsp3) is 0.133. The molecule has 20 heavy (non-hydrogen) atoms. The normalized spacial score (nSPS) is 10.4. The summed E-state index contributed by atoms with van der Waals surface area (Å²) in [5, 5.41) is 6.84. The van der Waals surface area contributed by atoms with Crippen LogP contribution in [0.4, 0.5) is 6.01 Å². The zero-order valence-electron chi connectivity index (χ0n) is 11.1. The van der Waals surface area contributed by atoms with Crippen molar-refractivity contribution in [2.75, 3.05) is 5.32 Å². The summed E-state index contributed by atoms with van der Waals surface area (Å²) in [6, 6.07) is 12.7. The first-order valence-electron chi connectivity index (χ1n) is 6.35. The second-order valence-corrected chi connectivity index (χ2v) is 4.44. The van der Waals surface area contributed by atoms with Crippen LogP contribution in [0.15, 0.2) is 53.3 Å². The highest BCUT2D eigenvalue weighted by Gasteiger charge is 2.03. The summed E-state index contributed by atoms with van der Waals surface area (Å²) in [6.07, 6.45) is 3.63. The Morgan fingerprint density at radius 2 is 2.05 bits per heavy atom. The van der Waals surface area contributed by atoms with Gasteiger partial charge in [0.05, 0.1) is 0 Å². The van der Waals surface area contributed by atoms with Gasteiger partial charge in [-0.2, -0.15) is 4.98 Å². The molecule has 0 saturated carbocycles. The molecule has 5 nitrogen and oxygen atoms in total. The average Bonchev–Trinajstić information content (AvgIpc) is 2.92. The zero-order valence-corrected chi connectivity index (χ0v) is 11.1. The summed E-state index contributed by atoms with van der Waals surface area (Å²) < 4.78 is 5.02. The van der Waals surface area contributed by atoms with Crippen LogP contribution in [0.1, 0.15) is 11.4 Å². The summed E-state index contributed by atoms with van der Waals surface area (Å²) in [7, 11) is 0. The van der Waals surface area contributed by atoms with Gasteiger partial charge in [-0.25, -0.2) is 0 Å². The molecule has 0 amide bonds. The molecule has 0 aliphatic rings. The summed E-state index contributed by atoms with van der Waals surface area (Å²) in [5.74, 6) is 0.622. The van der Waals surface area contributed by atoms with Crippen molar-refractivity contribution in [3.05, 3.63) is 60.2 Å². The standard InChI is InChI=1S/C15H14N4O/c1-11-18-15(20-19-11)17-9-12-4-2-5-13(8-12)14-6-3-7-16-10-14/h2-8,10H,9H2,1H3,(H,17,18,19). The number of nitrogens with one attached hydrogen (secondary N) is 1. The number of rotatable bonds is 4. The first kappa shape index (κ1) is 12.3. The molecule has 3 aromatic rings. The number of nitrogens with zero attached hydrogens (tertiary/aromatic N) is 3. The number of aryl methyl sites for hydroxylation is 1. The maximum absolute atomic E-state index is 5.02. The Morgan fingerprint density at radius 1 is 1.15 bits per heavy atom. The van der Waals surface area contributed by atoms with E-state index in [4.69, 9.17) is 4.52 Å². The average molecular weight is 266 g/mol. The third-order valence-corrected chi connectivity index (χ3v) is 2.89. The van der Waals surface area contributed by atoms with Crippen molar-refractivity contribution in [3.8, 4) is 11.1 Å². The van der Waals surface area contributed by atoms with Crippen LogP contribution in [0.25, 0.3) is 11.1 Å². The highest BCUT2D eigenvalue weighted by molar-refractivity contribution is 5.63. The Labute approximate surface area is 116 Å². The van der Waals surface area contributed by atoms with Crippen molar-refractivity contribution in [3.63, 3.8) is 0 Å². The molecule has 3 rings (SSSR count). The molecule has 100 valence electrons. The van der Waals surface area contributed by atoms with Crippen LogP contribution in [0.3, 0.4) is 0 Å². The van der Waals surface area contributed by atoms with Crippen molar-refractivity contribution < 1.29 is 4.52 Å². The molecule has 0 atom stereocenters. The highest BCUT2D eigenvalue weighted by atomic mass is 16.5. The van der Waals surface area contributed by atoms with E-state index in [2.05, 4.69) is 38.6 Å². The summed E-state index contributed by atoms with van der Waals surface area (Å²) in [6.45, 7) is 2.42. The summed E-state index contributed by atoms with van der Waals surface area (Å²) >= 11 is 0. The lowest BCUT2D eigenvalue weighted by Gasteiger charge is -2.05. The maximum atomic E-state index is 5.02. The quantitative estimate of drug-likeness (QED) is 0.786. The zero-order chi connectivity index (χ0) is 13.8. The number of hydrogen-bond acceptors (Lipinski definition) is 5. The second kappa shape index (κ2) is 5.52. The molecular weight excluding hydrogens is 252 g/mol. The molecule has 0 fully saturated rings. The van der Waals surface area contributed by atoms with Gasteiger partial charge in [-0.3, -0.25) is 4.98 Å². The van der Waals surface area contributed by atoms with E-state index in [0.717, 1.165) is 16.7 Å². The number of benzene rings is 1. The number of pyridine rings is 1. The van der Waals surface area contributed by atoms with Crippen molar-refractivity contribution >= 4 is 6.01 Å². The van der Waals surface area contributed by atoms with Crippen LogP contribution in [0.2, 0.25) is 0 Å². The van der Waals surface area contributed by atoms with Crippen LogP contribution < -0.4 is 5.32 Å². The topological polar surface area (TPSA) is 63.8 Å². The smallest absolute Gasteiger partial charge is 0.321 e. The van der Waals surface area contributed by atoms with E-state index < -0.39 is 0 Å². The van der Waals surface area contributed by atoms with Crippen molar-refractivity contribution in [2.24, 2.45) is 0 Å². The van der Waals surface area contributed by atoms with Crippen LogP contribution in [0, 0.1) is 6.92 Å². The third-order valence-electron chi connectivity index (χ3n) is 2.89.